The van der Waals surface area contributed by atoms with Crippen LogP contribution >= 0.6 is 23.1 Å². The lowest BCUT2D eigenvalue weighted by Gasteiger charge is -2.10. The van der Waals surface area contributed by atoms with Gasteiger partial charge in [-0.25, -0.2) is 0 Å². The van der Waals surface area contributed by atoms with Crippen LogP contribution in [0, 0.1) is 11.3 Å². The molecule has 0 atom stereocenters. The lowest BCUT2D eigenvalue weighted by Crippen LogP contribution is -2.11. The topological polar surface area (TPSA) is 62.1 Å². The summed E-state index contributed by atoms with van der Waals surface area (Å²) in [5.74, 6) is 0.369. The molecule has 6 heteroatoms. The van der Waals surface area contributed by atoms with Crippen LogP contribution in [0.25, 0.3) is 0 Å². The summed E-state index contributed by atoms with van der Waals surface area (Å²) in [5, 5.41) is 13.2. The van der Waals surface area contributed by atoms with E-state index < -0.39 is 0 Å². The minimum Gasteiger partial charge on any atom is -0.495 e. The van der Waals surface area contributed by atoms with Gasteiger partial charge in [-0.15, -0.1) is 23.1 Å². The molecule has 0 unspecified atom stereocenters. The van der Waals surface area contributed by atoms with E-state index in [-0.39, 0.29) is 5.91 Å². The van der Waals surface area contributed by atoms with Gasteiger partial charge in [0.05, 0.1) is 23.2 Å². The molecule has 1 amide bonds. The van der Waals surface area contributed by atoms with Gasteiger partial charge >= 0.3 is 0 Å². The maximum Gasteiger partial charge on any atom is 0.265 e. The predicted molar refractivity (Wildman–Crippen MR) is 81.8 cm³/mol. The Kier molecular flexibility index (Phi) is 4.66. The number of nitrogens with one attached hydrogen (secondary N) is 1. The molecule has 102 valence electrons. The number of benzene rings is 1. The molecule has 1 aromatic carbocycles. The van der Waals surface area contributed by atoms with Crippen molar-refractivity contribution in [2.24, 2.45) is 0 Å². The van der Waals surface area contributed by atoms with Crippen molar-refractivity contribution >= 4 is 34.7 Å². The Morgan fingerprint density at radius 3 is 2.85 bits per heavy atom. The third-order valence-electron chi connectivity index (χ3n) is 2.61. The minimum absolute atomic E-state index is 0.244. The molecular formula is C14H12N2O2S2. The van der Waals surface area contributed by atoms with Gasteiger partial charge in [-0.05, 0) is 30.5 Å². The van der Waals surface area contributed by atoms with Gasteiger partial charge in [0.2, 0.25) is 0 Å². The van der Waals surface area contributed by atoms with Crippen molar-refractivity contribution in [3.05, 3.63) is 40.1 Å². The predicted octanol–water partition coefficient (Wildman–Crippen LogP) is 3.60. The Balaban J connectivity index is 2.21. The number of carbonyl (C=O) groups excluding carboxylic acids is 1. The minimum atomic E-state index is -0.244. The van der Waals surface area contributed by atoms with E-state index in [4.69, 9.17) is 10.00 Å². The van der Waals surface area contributed by atoms with E-state index >= 15 is 0 Å². The SMILES string of the molecule is COc1cc(SC)ccc1NC(=O)c1cc(C#N)cs1. The molecule has 0 saturated carbocycles. The van der Waals surface area contributed by atoms with Gasteiger partial charge in [0, 0.05) is 10.3 Å². The van der Waals surface area contributed by atoms with E-state index in [2.05, 4.69) is 5.32 Å². The Morgan fingerprint density at radius 1 is 1.45 bits per heavy atom. The Hall–Kier alpha value is -1.97. The van der Waals surface area contributed by atoms with Crippen molar-refractivity contribution in [1.82, 2.24) is 0 Å². The molecule has 0 aliphatic heterocycles. The molecule has 0 spiro atoms. The molecule has 1 aromatic heterocycles. The summed E-state index contributed by atoms with van der Waals surface area (Å²) in [4.78, 5) is 13.7. The van der Waals surface area contributed by atoms with Crippen molar-refractivity contribution in [2.45, 2.75) is 4.90 Å². The lowest BCUT2D eigenvalue weighted by atomic mass is 10.2. The number of methoxy groups -OCH3 is 1. The maximum atomic E-state index is 12.1. The van der Waals surface area contributed by atoms with Crippen LogP contribution in [0.4, 0.5) is 5.69 Å². The van der Waals surface area contributed by atoms with Gasteiger partial charge < -0.3 is 10.1 Å². The van der Waals surface area contributed by atoms with Gasteiger partial charge in [0.25, 0.3) is 5.91 Å². The Labute approximate surface area is 125 Å². The zero-order valence-corrected chi connectivity index (χ0v) is 12.6. The van der Waals surface area contributed by atoms with E-state index in [1.54, 1.807) is 36.4 Å². The highest BCUT2D eigenvalue weighted by molar-refractivity contribution is 7.98. The Bertz CT molecular complexity index is 674. The average Bonchev–Trinajstić information content (AvgIpc) is 2.96. The first kappa shape index (κ1) is 14.4. The summed E-state index contributed by atoms with van der Waals surface area (Å²) in [7, 11) is 1.56. The molecule has 0 aliphatic carbocycles. The summed E-state index contributed by atoms with van der Waals surface area (Å²) in [6, 6.07) is 9.17. The van der Waals surface area contributed by atoms with Crippen LogP contribution in [0.15, 0.2) is 34.5 Å². The van der Waals surface area contributed by atoms with Crippen LogP contribution in [-0.4, -0.2) is 19.3 Å². The molecule has 1 heterocycles. The smallest absolute Gasteiger partial charge is 0.265 e. The largest absolute Gasteiger partial charge is 0.495 e. The first-order valence-electron chi connectivity index (χ1n) is 5.70. The van der Waals surface area contributed by atoms with E-state index in [0.717, 1.165) is 4.90 Å². The molecule has 1 N–H and O–H groups in total. The van der Waals surface area contributed by atoms with Crippen LogP contribution in [0.5, 0.6) is 5.75 Å². The van der Waals surface area contributed by atoms with E-state index in [0.29, 0.717) is 21.9 Å². The molecule has 2 aromatic rings. The second-order valence-corrected chi connectivity index (χ2v) is 5.62. The Morgan fingerprint density at radius 2 is 2.25 bits per heavy atom. The van der Waals surface area contributed by atoms with Gasteiger partial charge in [-0.3, -0.25) is 4.79 Å². The second kappa shape index (κ2) is 6.46. The highest BCUT2D eigenvalue weighted by atomic mass is 32.2. The van der Waals surface area contributed by atoms with E-state index in [9.17, 15) is 4.79 Å². The molecule has 4 nitrogen and oxygen atoms in total. The van der Waals surface area contributed by atoms with Crippen LogP contribution < -0.4 is 10.1 Å². The standard InChI is InChI=1S/C14H12N2O2S2/c1-18-12-6-10(19-2)3-4-11(12)16-14(17)13-5-9(7-15)8-20-13/h3-6,8H,1-2H3,(H,16,17). The van der Waals surface area contributed by atoms with E-state index in [1.807, 2.05) is 24.5 Å². The van der Waals surface area contributed by atoms with Crippen molar-refractivity contribution in [3.63, 3.8) is 0 Å². The molecule has 0 fully saturated rings. The van der Waals surface area contributed by atoms with Crippen LogP contribution in [0.2, 0.25) is 0 Å². The van der Waals surface area contributed by atoms with Gasteiger partial charge in [0.15, 0.2) is 0 Å². The molecule has 0 bridgehead atoms. The number of carbonyl (C=O) groups is 1. The average molecular weight is 304 g/mol. The number of nitriles is 1. The molecule has 0 saturated heterocycles. The number of hydrogen-bond acceptors (Lipinski definition) is 5. The van der Waals surface area contributed by atoms with Crippen molar-refractivity contribution in [2.75, 3.05) is 18.7 Å². The molecular weight excluding hydrogens is 292 g/mol. The van der Waals surface area contributed by atoms with Gasteiger partial charge in [0.1, 0.15) is 11.8 Å². The van der Waals surface area contributed by atoms with Crippen LogP contribution in [0.3, 0.4) is 0 Å². The number of nitrogens with zero attached hydrogens (tertiary/aromatic N) is 1. The second-order valence-electron chi connectivity index (χ2n) is 3.83. The number of anilines is 1. The summed E-state index contributed by atoms with van der Waals surface area (Å²) in [6.07, 6.45) is 1.97. The van der Waals surface area contributed by atoms with Gasteiger partial charge in [-0.1, -0.05) is 0 Å². The monoisotopic (exact) mass is 304 g/mol. The summed E-state index contributed by atoms with van der Waals surface area (Å²) >= 11 is 2.85. The summed E-state index contributed by atoms with van der Waals surface area (Å²) in [5.41, 5.74) is 1.10. The van der Waals surface area contributed by atoms with Crippen molar-refractivity contribution in [3.8, 4) is 11.8 Å². The van der Waals surface area contributed by atoms with Gasteiger partial charge in [-0.2, -0.15) is 5.26 Å². The lowest BCUT2D eigenvalue weighted by molar-refractivity contribution is 0.103. The number of ether oxygens (including phenoxy) is 1. The molecule has 2 rings (SSSR count). The summed E-state index contributed by atoms with van der Waals surface area (Å²) in [6.45, 7) is 0. The first-order valence-corrected chi connectivity index (χ1v) is 7.80. The molecule has 0 radical (unpaired) electrons. The van der Waals surface area contributed by atoms with Crippen LogP contribution in [-0.2, 0) is 0 Å². The zero-order chi connectivity index (χ0) is 14.5. The number of thioether (sulfide) groups is 1. The number of rotatable bonds is 4. The first-order chi connectivity index (χ1) is 9.67. The van der Waals surface area contributed by atoms with E-state index in [1.165, 1.54) is 11.3 Å². The fourth-order valence-electron chi connectivity index (χ4n) is 1.60. The number of amides is 1. The number of hydrogen-bond donors (Lipinski definition) is 1. The normalized spacial score (nSPS) is 9.85. The van der Waals surface area contributed by atoms with Crippen molar-refractivity contribution < 1.29 is 9.53 Å². The maximum absolute atomic E-state index is 12.1. The van der Waals surface area contributed by atoms with Crippen LogP contribution in [0.1, 0.15) is 15.2 Å². The third-order valence-corrected chi connectivity index (χ3v) is 4.26. The molecule has 0 aliphatic rings. The highest BCUT2D eigenvalue weighted by Gasteiger charge is 2.12. The third kappa shape index (κ3) is 3.13. The summed E-state index contributed by atoms with van der Waals surface area (Å²) < 4.78 is 5.27. The zero-order valence-electron chi connectivity index (χ0n) is 11.0. The fourth-order valence-corrected chi connectivity index (χ4v) is 2.76. The highest BCUT2D eigenvalue weighted by Crippen LogP contribution is 2.30. The molecule has 20 heavy (non-hydrogen) atoms. The van der Waals surface area contributed by atoms with Crippen molar-refractivity contribution in [1.29, 1.82) is 5.26 Å². The number of thiophene rings is 1. The quantitative estimate of drug-likeness (QED) is 0.877. The fraction of sp³-hybridized carbons (Fsp3) is 0.143.